The van der Waals surface area contributed by atoms with Crippen LogP contribution in [0.15, 0.2) is 61.2 Å². The summed E-state index contributed by atoms with van der Waals surface area (Å²) in [7, 11) is 1.04. The molecule has 0 spiro atoms. The van der Waals surface area contributed by atoms with Crippen molar-refractivity contribution in [2.75, 3.05) is 52.2 Å². The Morgan fingerprint density at radius 3 is 2.22 bits per heavy atom. The fraction of sp³-hybridized carbons (Fsp3) is 0.391. The van der Waals surface area contributed by atoms with E-state index in [1.54, 1.807) is 0 Å². The van der Waals surface area contributed by atoms with Crippen molar-refractivity contribution in [3.05, 3.63) is 72.3 Å². The van der Waals surface area contributed by atoms with Crippen LogP contribution in [0, 0.1) is 0 Å². The summed E-state index contributed by atoms with van der Waals surface area (Å²) in [4.78, 5) is 5.05. The maximum atomic E-state index is 5.87. The van der Waals surface area contributed by atoms with E-state index in [0.29, 0.717) is 0 Å². The molecular weight excluding hydrogens is 348 g/mol. The number of piperazine rings is 1. The van der Waals surface area contributed by atoms with Gasteiger partial charge in [0, 0.05) is 39.0 Å². The van der Waals surface area contributed by atoms with Gasteiger partial charge in [-0.25, -0.2) is 0 Å². The normalized spacial score (nSPS) is 17.0. The molecule has 1 aliphatic heterocycles. The average Bonchev–Trinajstić information content (AvgIpc) is 2.73. The second kappa shape index (κ2) is 9.99. The third-order valence-corrected chi connectivity index (χ3v) is 8.37. The lowest BCUT2D eigenvalue weighted by molar-refractivity contribution is 0.164. The molecule has 1 saturated heterocycles. The molecule has 3 nitrogen and oxygen atoms in total. The Labute approximate surface area is 165 Å². The van der Waals surface area contributed by atoms with Gasteiger partial charge in [-0.05, 0) is 36.8 Å². The number of likely N-dealkylation sites (N-methyl/N-ethyl adjacent to an activating group) is 1. The van der Waals surface area contributed by atoms with Gasteiger partial charge in [0.2, 0.25) is 0 Å². The minimum Gasteiger partial charge on any atom is -0.385 e. The summed E-state index contributed by atoms with van der Waals surface area (Å²) in [6, 6.07) is 19.5. The highest BCUT2D eigenvalue weighted by Crippen LogP contribution is 2.20. The summed E-state index contributed by atoms with van der Waals surface area (Å²) < 4.78 is 5.87. The maximum absolute atomic E-state index is 5.87. The second-order valence-corrected chi connectivity index (χ2v) is 10.2. The Hall–Kier alpha value is -1.72. The molecule has 0 radical (unpaired) electrons. The maximum Gasteiger partial charge on any atom is 0.114 e. The Balaban J connectivity index is 1.69. The van der Waals surface area contributed by atoms with E-state index in [1.807, 2.05) is 6.07 Å². The van der Waals surface area contributed by atoms with Gasteiger partial charge >= 0.3 is 0 Å². The molecule has 2 aromatic carbocycles. The molecule has 1 unspecified atom stereocenters. The SMILES string of the molecule is C=C(c1ccccc1)c1ccc([SiH](COCC)CN2CCN(C)CC2)cc1. The lowest BCUT2D eigenvalue weighted by Gasteiger charge is -2.34. The Kier molecular flexibility index (Phi) is 7.41. The third-order valence-electron chi connectivity index (χ3n) is 5.45. The van der Waals surface area contributed by atoms with Crippen molar-refractivity contribution in [2.45, 2.75) is 6.92 Å². The van der Waals surface area contributed by atoms with E-state index in [2.05, 4.69) is 78.9 Å². The van der Waals surface area contributed by atoms with Gasteiger partial charge in [-0.1, -0.05) is 66.4 Å². The zero-order valence-electron chi connectivity index (χ0n) is 16.7. The standard InChI is InChI=1S/C23H32N2OSi/c1-4-26-19-27(18-25-16-14-24(3)15-17-25)23-12-10-22(11-13-23)20(2)21-8-6-5-7-9-21/h5-13,27H,2,4,14-19H2,1,3H3. The predicted molar refractivity (Wildman–Crippen MR) is 118 cm³/mol. The number of hydrogen-bond donors (Lipinski definition) is 0. The van der Waals surface area contributed by atoms with Gasteiger partial charge in [-0.3, -0.25) is 0 Å². The Bertz CT molecular complexity index is 709. The van der Waals surface area contributed by atoms with E-state index in [1.165, 1.54) is 48.7 Å². The summed E-state index contributed by atoms with van der Waals surface area (Å²) in [6.07, 6.45) is 2.12. The average molecular weight is 381 g/mol. The van der Waals surface area contributed by atoms with Crippen LogP contribution < -0.4 is 5.19 Å². The monoisotopic (exact) mass is 380 g/mol. The van der Waals surface area contributed by atoms with Crippen molar-refractivity contribution in [3.63, 3.8) is 0 Å². The van der Waals surface area contributed by atoms with Gasteiger partial charge < -0.3 is 14.5 Å². The van der Waals surface area contributed by atoms with E-state index >= 15 is 0 Å². The predicted octanol–water partition coefficient (Wildman–Crippen LogP) is 2.54. The summed E-state index contributed by atoms with van der Waals surface area (Å²) in [6.45, 7) is 11.9. The van der Waals surface area contributed by atoms with E-state index in [-0.39, 0.29) is 0 Å². The van der Waals surface area contributed by atoms with Crippen LogP contribution in [-0.4, -0.2) is 70.8 Å². The fourth-order valence-electron chi connectivity index (χ4n) is 3.62. The molecule has 1 atom stereocenters. The lowest BCUT2D eigenvalue weighted by Crippen LogP contribution is -2.52. The minimum absolute atomic E-state index is 0.801. The van der Waals surface area contributed by atoms with Crippen molar-refractivity contribution in [3.8, 4) is 0 Å². The largest absolute Gasteiger partial charge is 0.385 e. The molecule has 1 aliphatic rings. The number of ether oxygens (including phenoxy) is 1. The molecule has 0 amide bonds. The molecule has 3 rings (SSSR count). The Morgan fingerprint density at radius 2 is 1.59 bits per heavy atom. The molecule has 1 fully saturated rings. The van der Waals surface area contributed by atoms with Gasteiger partial charge in [0.25, 0.3) is 0 Å². The van der Waals surface area contributed by atoms with E-state index in [4.69, 9.17) is 4.74 Å². The number of benzene rings is 2. The van der Waals surface area contributed by atoms with Gasteiger partial charge in [0.05, 0.1) is 0 Å². The first kappa shape index (κ1) is 20.0. The van der Waals surface area contributed by atoms with E-state index in [0.717, 1.165) is 18.4 Å². The van der Waals surface area contributed by atoms with Crippen LogP contribution >= 0.6 is 0 Å². The van der Waals surface area contributed by atoms with E-state index < -0.39 is 8.80 Å². The topological polar surface area (TPSA) is 15.7 Å². The van der Waals surface area contributed by atoms with Crippen LogP contribution in [0.5, 0.6) is 0 Å². The highest BCUT2D eigenvalue weighted by Gasteiger charge is 2.21. The smallest absolute Gasteiger partial charge is 0.114 e. The van der Waals surface area contributed by atoms with Crippen LogP contribution in [0.2, 0.25) is 0 Å². The summed E-state index contributed by atoms with van der Waals surface area (Å²) in [5.41, 5.74) is 3.48. The zero-order valence-corrected chi connectivity index (χ0v) is 17.9. The van der Waals surface area contributed by atoms with Crippen LogP contribution in [0.3, 0.4) is 0 Å². The van der Waals surface area contributed by atoms with Gasteiger partial charge in [-0.15, -0.1) is 0 Å². The molecule has 1 heterocycles. The molecule has 4 heteroatoms. The number of hydrogen-bond acceptors (Lipinski definition) is 3. The first-order chi connectivity index (χ1) is 13.2. The highest BCUT2D eigenvalue weighted by atomic mass is 28.3. The molecular formula is C23H32N2OSi. The summed E-state index contributed by atoms with van der Waals surface area (Å²) in [5, 5.41) is 1.49. The first-order valence-corrected chi connectivity index (χ1v) is 12.2. The second-order valence-electron chi connectivity index (χ2n) is 7.43. The minimum atomic E-state index is -1.17. The summed E-state index contributed by atoms with van der Waals surface area (Å²) >= 11 is 0. The molecule has 0 bridgehead atoms. The molecule has 27 heavy (non-hydrogen) atoms. The molecule has 144 valence electrons. The highest BCUT2D eigenvalue weighted by molar-refractivity contribution is 6.73. The van der Waals surface area contributed by atoms with Crippen LogP contribution in [0.4, 0.5) is 0 Å². The Morgan fingerprint density at radius 1 is 0.963 bits per heavy atom. The number of nitrogens with zero attached hydrogens (tertiary/aromatic N) is 2. The van der Waals surface area contributed by atoms with Crippen molar-refractivity contribution >= 4 is 19.6 Å². The molecule has 0 saturated carbocycles. The van der Waals surface area contributed by atoms with Crippen molar-refractivity contribution in [2.24, 2.45) is 0 Å². The quantitative estimate of drug-likeness (QED) is 0.655. The number of rotatable bonds is 8. The first-order valence-electron chi connectivity index (χ1n) is 10.0. The van der Waals surface area contributed by atoms with Crippen molar-refractivity contribution < 1.29 is 4.74 Å². The molecule has 0 aliphatic carbocycles. The fourth-order valence-corrected chi connectivity index (χ4v) is 6.37. The molecule has 0 N–H and O–H groups in total. The van der Waals surface area contributed by atoms with Crippen LogP contribution in [-0.2, 0) is 4.74 Å². The summed E-state index contributed by atoms with van der Waals surface area (Å²) in [5.74, 6) is 0. The zero-order chi connectivity index (χ0) is 19.1. The van der Waals surface area contributed by atoms with Crippen LogP contribution in [0.1, 0.15) is 18.1 Å². The molecule has 0 aromatic heterocycles. The molecule has 2 aromatic rings. The van der Waals surface area contributed by atoms with E-state index in [9.17, 15) is 0 Å². The lowest BCUT2D eigenvalue weighted by atomic mass is 10.00. The van der Waals surface area contributed by atoms with Crippen molar-refractivity contribution in [1.82, 2.24) is 9.80 Å². The van der Waals surface area contributed by atoms with Gasteiger partial charge in [-0.2, -0.15) is 0 Å². The van der Waals surface area contributed by atoms with Crippen molar-refractivity contribution in [1.29, 1.82) is 0 Å². The van der Waals surface area contributed by atoms with Crippen LogP contribution in [0.25, 0.3) is 5.57 Å². The third kappa shape index (κ3) is 5.63. The van der Waals surface area contributed by atoms with Gasteiger partial charge in [0.1, 0.15) is 8.80 Å². The van der Waals surface area contributed by atoms with Gasteiger partial charge in [0.15, 0.2) is 0 Å².